The summed E-state index contributed by atoms with van der Waals surface area (Å²) in [5.74, 6) is -0.915. The van der Waals surface area contributed by atoms with Gasteiger partial charge in [-0.25, -0.2) is 0 Å². The first-order valence-electron chi connectivity index (χ1n) is 4.63. The molecule has 1 aromatic carbocycles. The number of benzene rings is 1. The molecule has 0 saturated carbocycles. The van der Waals surface area contributed by atoms with E-state index in [-0.39, 0.29) is 28.6 Å². The first-order valence-corrected chi connectivity index (χ1v) is 5.01. The largest absolute Gasteiger partial charge is 0.320 e. The van der Waals surface area contributed by atoms with Crippen LogP contribution in [-0.4, -0.2) is 16.6 Å². The number of hydrogen-bond acceptors (Lipinski definition) is 4. The van der Waals surface area contributed by atoms with E-state index in [1.807, 2.05) is 0 Å². The number of nitro benzene ring substituents is 1. The van der Waals surface area contributed by atoms with Gasteiger partial charge in [0.05, 0.1) is 11.3 Å². The number of halogens is 1. The van der Waals surface area contributed by atoms with Gasteiger partial charge < -0.3 is 5.32 Å². The number of anilines is 1. The highest BCUT2D eigenvalue weighted by Gasteiger charge is 2.16. The number of ketones is 1. The fourth-order valence-corrected chi connectivity index (χ4v) is 1.35. The second-order valence-electron chi connectivity index (χ2n) is 3.35. The number of nitro groups is 1. The second kappa shape index (κ2) is 5.40. The van der Waals surface area contributed by atoms with Gasteiger partial charge in [0.25, 0.3) is 5.69 Å². The molecule has 0 aliphatic heterocycles. The van der Waals surface area contributed by atoms with Gasteiger partial charge in [0.15, 0.2) is 0 Å². The number of carbonyl (C=O) groups excluding carboxylic acids is 2. The van der Waals surface area contributed by atoms with Crippen LogP contribution in [0.5, 0.6) is 0 Å². The quantitative estimate of drug-likeness (QED) is 0.508. The summed E-state index contributed by atoms with van der Waals surface area (Å²) in [7, 11) is 0. The maximum absolute atomic E-state index is 11.3. The molecule has 0 aliphatic carbocycles. The van der Waals surface area contributed by atoms with E-state index in [2.05, 4.69) is 5.32 Å². The van der Waals surface area contributed by atoms with E-state index >= 15 is 0 Å². The summed E-state index contributed by atoms with van der Waals surface area (Å²) in [4.78, 5) is 32.0. The van der Waals surface area contributed by atoms with Gasteiger partial charge in [-0.2, -0.15) is 0 Å². The van der Waals surface area contributed by atoms with Gasteiger partial charge in [-0.15, -0.1) is 0 Å². The van der Waals surface area contributed by atoms with E-state index in [1.54, 1.807) is 0 Å². The molecule has 90 valence electrons. The Kier molecular flexibility index (Phi) is 4.17. The highest BCUT2D eigenvalue weighted by atomic mass is 35.5. The normalized spacial score (nSPS) is 9.76. The summed E-state index contributed by atoms with van der Waals surface area (Å²) < 4.78 is 0. The Balaban J connectivity index is 2.94. The van der Waals surface area contributed by atoms with Crippen LogP contribution in [0.1, 0.15) is 13.3 Å². The Labute approximate surface area is 102 Å². The molecule has 0 saturated heterocycles. The van der Waals surface area contributed by atoms with Crippen LogP contribution in [-0.2, 0) is 9.59 Å². The van der Waals surface area contributed by atoms with Crippen molar-refractivity contribution in [3.63, 3.8) is 0 Å². The maximum atomic E-state index is 11.3. The van der Waals surface area contributed by atoms with Crippen molar-refractivity contribution in [2.45, 2.75) is 13.3 Å². The maximum Gasteiger partial charge on any atom is 0.294 e. The zero-order chi connectivity index (χ0) is 13.0. The third kappa shape index (κ3) is 3.84. The van der Waals surface area contributed by atoms with Crippen LogP contribution in [0.4, 0.5) is 11.4 Å². The highest BCUT2D eigenvalue weighted by molar-refractivity contribution is 6.31. The van der Waals surface area contributed by atoms with E-state index in [9.17, 15) is 19.7 Å². The molecule has 17 heavy (non-hydrogen) atoms. The minimum atomic E-state index is -0.657. The highest BCUT2D eigenvalue weighted by Crippen LogP contribution is 2.27. The minimum Gasteiger partial charge on any atom is -0.320 e. The van der Waals surface area contributed by atoms with Crippen LogP contribution in [0.3, 0.4) is 0 Å². The van der Waals surface area contributed by atoms with E-state index in [1.165, 1.54) is 19.1 Å². The van der Waals surface area contributed by atoms with Crippen LogP contribution >= 0.6 is 11.6 Å². The lowest BCUT2D eigenvalue weighted by Crippen LogP contribution is -2.15. The van der Waals surface area contributed by atoms with Gasteiger partial charge in [0.1, 0.15) is 11.5 Å². The molecule has 1 N–H and O–H groups in total. The molecule has 1 rings (SSSR count). The van der Waals surface area contributed by atoms with E-state index in [0.29, 0.717) is 0 Å². The van der Waals surface area contributed by atoms with Gasteiger partial charge in [0.2, 0.25) is 5.91 Å². The molecular weight excluding hydrogens is 248 g/mol. The van der Waals surface area contributed by atoms with Gasteiger partial charge >= 0.3 is 0 Å². The van der Waals surface area contributed by atoms with Gasteiger partial charge in [0, 0.05) is 11.1 Å². The van der Waals surface area contributed by atoms with Crippen molar-refractivity contribution in [2.75, 3.05) is 5.32 Å². The van der Waals surface area contributed by atoms with Gasteiger partial charge in [-0.1, -0.05) is 11.6 Å². The third-order valence-corrected chi connectivity index (χ3v) is 2.08. The van der Waals surface area contributed by atoms with Crippen LogP contribution in [0.2, 0.25) is 5.02 Å². The van der Waals surface area contributed by atoms with E-state index < -0.39 is 10.8 Å². The molecule has 1 amide bonds. The summed E-state index contributed by atoms with van der Waals surface area (Å²) in [6.07, 6.45) is -0.320. The summed E-state index contributed by atoms with van der Waals surface area (Å²) in [6, 6.07) is 3.86. The molecule has 0 unspecified atom stereocenters. The smallest absolute Gasteiger partial charge is 0.294 e. The van der Waals surface area contributed by atoms with Crippen molar-refractivity contribution in [3.05, 3.63) is 33.3 Å². The molecule has 0 bridgehead atoms. The molecule has 1 aromatic rings. The molecule has 7 heteroatoms. The van der Waals surface area contributed by atoms with Crippen molar-refractivity contribution in [2.24, 2.45) is 0 Å². The number of rotatable bonds is 4. The molecule has 0 atom stereocenters. The summed E-state index contributed by atoms with van der Waals surface area (Å²) in [6.45, 7) is 1.26. The molecule has 0 heterocycles. The Morgan fingerprint density at radius 1 is 1.47 bits per heavy atom. The SMILES string of the molecule is CC(=O)CC(=O)Nc1ccc(Cl)cc1[N+](=O)[O-]. The predicted octanol–water partition coefficient (Wildman–Crippen LogP) is 2.17. The lowest BCUT2D eigenvalue weighted by Gasteiger charge is -2.04. The van der Waals surface area contributed by atoms with Crippen LogP contribution in [0, 0.1) is 10.1 Å². The zero-order valence-corrected chi connectivity index (χ0v) is 9.65. The fourth-order valence-electron chi connectivity index (χ4n) is 1.18. The van der Waals surface area contributed by atoms with Crippen molar-refractivity contribution in [3.8, 4) is 0 Å². The Bertz CT molecular complexity index is 487. The number of hydrogen-bond donors (Lipinski definition) is 1. The van der Waals surface area contributed by atoms with Crippen molar-refractivity contribution >= 4 is 34.7 Å². The molecular formula is C10H9ClN2O4. The van der Waals surface area contributed by atoms with Crippen molar-refractivity contribution in [1.82, 2.24) is 0 Å². The van der Waals surface area contributed by atoms with Crippen molar-refractivity contribution < 1.29 is 14.5 Å². The van der Waals surface area contributed by atoms with E-state index in [0.717, 1.165) is 6.07 Å². The van der Waals surface area contributed by atoms with Gasteiger partial charge in [-0.3, -0.25) is 19.7 Å². The molecule has 0 fully saturated rings. The number of nitrogens with one attached hydrogen (secondary N) is 1. The fraction of sp³-hybridized carbons (Fsp3) is 0.200. The van der Waals surface area contributed by atoms with E-state index in [4.69, 9.17) is 11.6 Å². The zero-order valence-electron chi connectivity index (χ0n) is 8.90. The first kappa shape index (κ1) is 13.1. The average Bonchev–Trinajstić information content (AvgIpc) is 2.19. The van der Waals surface area contributed by atoms with Crippen LogP contribution in [0.25, 0.3) is 0 Å². The second-order valence-corrected chi connectivity index (χ2v) is 3.78. The standard InChI is InChI=1S/C10H9ClN2O4/c1-6(14)4-10(15)12-8-3-2-7(11)5-9(8)13(16)17/h2-3,5H,4H2,1H3,(H,12,15). The third-order valence-electron chi connectivity index (χ3n) is 1.84. The lowest BCUT2D eigenvalue weighted by atomic mass is 10.2. The number of Topliss-reactive ketones (excluding diaryl/α,β-unsaturated/α-hetero) is 1. The topological polar surface area (TPSA) is 89.3 Å². The molecule has 0 aliphatic rings. The lowest BCUT2D eigenvalue weighted by molar-refractivity contribution is -0.383. The minimum absolute atomic E-state index is 0.0191. The summed E-state index contributed by atoms with van der Waals surface area (Å²) in [5.41, 5.74) is -0.292. The number of nitrogens with zero attached hydrogens (tertiary/aromatic N) is 1. The Morgan fingerprint density at radius 2 is 2.12 bits per heavy atom. The number of carbonyl (C=O) groups is 2. The molecule has 0 radical (unpaired) electrons. The molecule has 0 spiro atoms. The molecule has 0 aromatic heterocycles. The Hall–Kier alpha value is -1.95. The summed E-state index contributed by atoms with van der Waals surface area (Å²) in [5, 5.41) is 13.2. The van der Waals surface area contributed by atoms with Crippen LogP contribution in [0.15, 0.2) is 18.2 Å². The average molecular weight is 257 g/mol. The molecule has 6 nitrogen and oxygen atoms in total. The van der Waals surface area contributed by atoms with Crippen molar-refractivity contribution in [1.29, 1.82) is 0 Å². The monoisotopic (exact) mass is 256 g/mol. The predicted molar refractivity (Wildman–Crippen MR) is 62.0 cm³/mol. The first-order chi connectivity index (χ1) is 7.90. The van der Waals surface area contributed by atoms with Gasteiger partial charge in [-0.05, 0) is 19.1 Å². The van der Waals surface area contributed by atoms with Crippen LogP contribution < -0.4 is 5.32 Å². The summed E-state index contributed by atoms with van der Waals surface area (Å²) >= 11 is 5.61. The number of amides is 1. The Morgan fingerprint density at radius 3 is 2.65 bits per heavy atom.